The van der Waals surface area contributed by atoms with Crippen LogP contribution in [0.1, 0.15) is 23.7 Å². The SMILES string of the molecule is CCC1(COCOc2ccc(C(=O)O)cc2)COC1. The van der Waals surface area contributed by atoms with Gasteiger partial charge in [0.25, 0.3) is 0 Å². The van der Waals surface area contributed by atoms with E-state index in [0.717, 1.165) is 19.6 Å². The molecular formula is C14H18O5. The molecule has 0 atom stereocenters. The molecule has 1 saturated heterocycles. The van der Waals surface area contributed by atoms with Gasteiger partial charge in [-0.05, 0) is 30.7 Å². The topological polar surface area (TPSA) is 65.0 Å². The van der Waals surface area contributed by atoms with Gasteiger partial charge in [0.1, 0.15) is 5.75 Å². The average Bonchev–Trinajstić information content (AvgIpc) is 2.37. The van der Waals surface area contributed by atoms with Crippen molar-refractivity contribution >= 4 is 5.97 Å². The van der Waals surface area contributed by atoms with E-state index in [1.807, 2.05) is 0 Å². The van der Waals surface area contributed by atoms with Crippen LogP contribution in [0.15, 0.2) is 24.3 Å². The standard InChI is InChI=1S/C14H18O5/c1-2-14(7-17-8-14)9-18-10-19-12-5-3-11(4-6-12)13(15)16/h3-6H,2,7-10H2,1H3,(H,15,16). The number of carbonyl (C=O) groups is 1. The number of aromatic carboxylic acids is 1. The molecule has 0 aliphatic carbocycles. The summed E-state index contributed by atoms with van der Waals surface area (Å²) in [4.78, 5) is 10.7. The van der Waals surface area contributed by atoms with E-state index in [1.165, 1.54) is 12.1 Å². The predicted octanol–water partition coefficient (Wildman–Crippen LogP) is 2.16. The minimum absolute atomic E-state index is 0.149. The number of carboxylic acids is 1. The number of ether oxygens (including phenoxy) is 3. The molecule has 1 aliphatic rings. The molecule has 5 nitrogen and oxygen atoms in total. The first kappa shape index (κ1) is 13.8. The van der Waals surface area contributed by atoms with Gasteiger partial charge in [-0.25, -0.2) is 4.79 Å². The molecule has 0 bridgehead atoms. The highest BCUT2D eigenvalue weighted by Gasteiger charge is 2.36. The van der Waals surface area contributed by atoms with Crippen LogP contribution in [0.25, 0.3) is 0 Å². The Morgan fingerprint density at radius 1 is 1.37 bits per heavy atom. The minimum Gasteiger partial charge on any atom is -0.478 e. The summed E-state index contributed by atoms with van der Waals surface area (Å²) in [6.45, 7) is 4.40. The zero-order valence-electron chi connectivity index (χ0n) is 10.9. The fourth-order valence-corrected chi connectivity index (χ4v) is 1.84. The van der Waals surface area contributed by atoms with E-state index < -0.39 is 5.97 Å². The molecule has 0 unspecified atom stereocenters. The van der Waals surface area contributed by atoms with Crippen molar-refractivity contribution < 1.29 is 24.1 Å². The summed E-state index contributed by atoms with van der Waals surface area (Å²) in [6.07, 6.45) is 1.03. The van der Waals surface area contributed by atoms with Gasteiger partial charge >= 0.3 is 5.97 Å². The number of carboxylic acid groups (broad SMARTS) is 1. The highest BCUT2D eigenvalue weighted by molar-refractivity contribution is 5.87. The Balaban J connectivity index is 1.72. The second-order valence-electron chi connectivity index (χ2n) is 4.79. The Morgan fingerprint density at radius 3 is 2.53 bits per heavy atom. The van der Waals surface area contributed by atoms with Crippen LogP contribution < -0.4 is 4.74 Å². The van der Waals surface area contributed by atoms with Gasteiger partial charge in [0.05, 0.1) is 25.4 Å². The van der Waals surface area contributed by atoms with E-state index in [2.05, 4.69) is 6.92 Å². The lowest BCUT2D eigenvalue weighted by atomic mass is 9.84. The van der Waals surface area contributed by atoms with Gasteiger partial charge in [-0.3, -0.25) is 0 Å². The normalized spacial score (nSPS) is 16.7. The fourth-order valence-electron chi connectivity index (χ4n) is 1.84. The van der Waals surface area contributed by atoms with E-state index in [9.17, 15) is 4.79 Å². The zero-order valence-corrected chi connectivity index (χ0v) is 10.9. The minimum atomic E-state index is -0.947. The summed E-state index contributed by atoms with van der Waals surface area (Å²) in [7, 11) is 0. The largest absolute Gasteiger partial charge is 0.478 e. The Kier molecular flexibility index (Phi) is 4.39. The first-order valence-electron chi connectivity index (χ1n) is 6.27. The summed E-state index contributed by atoms with van der Waals surface area (Å²) in [5.74, 6) is -0.349. The van der Waals surface area contributed by atoms with Gasteiger partial charge in [0, 0.05) is 5.41 Å². The third-order valence-corrected chi connectivity index (χ3v) is 3.38. The Hall–Kier alpha value is -1.59. The van der Waals surface area contributed by atoms with Gasteiger partial charge in [-0.1, -0.05) is 6.92 Å². The van der Waals surface area contributed by atoms with Crippen molar-refractivity contribution in [3.8, 4) is 5.75 Å². The summed E-state index contributed by atoms with van der Waals surface area (Å²) in [6, 6.07) is 6.25. The van der Waals surface area contributed by atoms with Gasteiger partial charge in [-0.15, -0.1) is 0 Å². The first-order valence-corrected chi connectivity index (χ1v) is 6.27. The predicted molar refractivity (Wildman–Crippen MR) is 68.4 cm³/mol. The van der Waals surface area contributed by atoms with Crippen LogP contribution in [0.3, 0.4) is 0 Å². The second kappa shape index (κ2) is 6.04. The molecule has 1 aromatic rings. The molecule has 1 N–H and O–H groups in total. The summed E-state index contributed by atoms with van der Waals surface area (Å²) in [5, 5.41) is 8.76. The molecule has 2 rings (SSSR count). The Bertz CT molecular complexity index is 416. The maximum absolute atomic E-state index is 10.7. The van der Waals surface area contributed by atoms with Crippen molar-refractivity contribution in [3.05, 3.63) is 29.8 Å². The molecule has 1 fully saturated rings. The molecule has 0 saturated carbocycles. The van der Waals surface area contributed by atoms with Gasteiger partial charge in [-0.2, -0.15) is 0 Å². The van der Waals surface area contributed by atoms with Crippen molar-refractivity contribution in [2.24, 2.45) is 5.41 Å². The van der Waals surface area contributed by atoms with Gasteiger partial charge < -0.3 is 19.3 Å². The van der Waals surface area contributed by atoms with Crippen LogP contribution >= 0.6 is 0 Å². The van der Waals surface area contributed by atoms with E-state index in [-0.39, 0.29) is 17.8 Å². The number of hydrogen-bond acceptors (Lipinski definition) is 4. The van der Waals surface area contributed by atoms with Crippen LogP contribution in [-0.2, 0) is 9.47 Å². The molecule has 19 heavy (non-hydrogen) atoms. The van der Waals surface area contributed by atoms with Crippen molar-refractivity contribution in [2.45, 2.75) is 13.3 Å². The highest BCUT2D eigenvalue weighted by Crippen LogP contribution is 2.31. The van der Waals surface area contributed by atoms with Crippen LogP contribution in [0.5, 0.6) is 5.75 Å². The summed E-state index contributed by atoms with van der Waals surface area (Å²) in [5.41, 5.74) is 0.390. The molecule has 104 valence electrons. The molecular weight excluding hydrogens is 248 g/mol. The lowest BCUT2D eigenvalue weighted by Gasteiger charge is -2.40. The zero-order chi connectivity index (χ0) is 13.7. The third-order valence-electron chi connectivity index (χ3n) is 3.38. The quantitative estimate of drug-likeness (QED) is 0.605. The van der Waals surface area contributed by atoms with Crippen molar-refractivity contribution in [3.63, 3.8) is 0 Å². The molecule has 1 aromatic carbocycles. The van der Waals surface area contributed by atoms with E-state index in [4.69, 9.17) is 19.3 Å². The molecule has 0 amide bonds. The van der Waals surface area contributed by atoms with Gasteiger partial charge in [0.15, 0.2) is 6.79 Å². The number of hydrogen-bond donors (Lipinski definition) is 1. The van der Waals surface area contributed by atoms with E-state index in [1.54, 1.807) is 12.1 Å². The summed E-state index contributed by atoms with van der Waals surface area (Å²) < 4.78 is 16.1. The molecule has 0 spiro atoms. The van der Waals surface area contributed by atoms with Crippen molar-refractivity contribution in [1.29, 1.82) is 0 Å². The smallest absolute Gasteiger partial charge is 0.335 e. The fraction of sp³-hybridized carbons (Fsp3) is 0.500. The average molecular weight is 266 g/mol. The first-order chi connectivity index (χ1) is 9.15. The van der Waals surface area contributed by atoms with Crippen molar-refractivity contribution in [1.82, 2.24) is 0 Å². The summed E-state index contributed by atoms with van der Waals surface area (Å²) >= 11 is 0. The Morgan fingerprint density at radius 2 is 2.05 bits per heavy atom. The Labute approximate surface area is 112 Å². The monoisotopic (exact) mass is 266 g/mol. The lowest BCUT2D eigenvalue weighted by Crippen LogP contribution is -2.45. The lowest BCUT2D eigenvalue weighted by molar-refractivity contribution is -0.162. The number of rotatable bonds is 7. The van der Waals surface area contributed by atoms with Crippen LogP contribution in [0.2, 0.25) is 0 Å². The third kappa shape index (κ3) is 3.45. The second-order valence-corrected chi connectivity index (χ2v) is 4.79. The van der Waals surface area contributed by atoms with E-state index in [0.29, 0.717) is 12.4 Å². The van der Waals surface area contributed by atoms with Crippen LogP contribution in [0.4, 0.5) is 0 Å². The molecule has 5 heteroatoms. The number of benzene rings is 1. The van der Waals surface area contributed by atoms with Crippen molar-refractivity contribution in [2.75, 3.05) is 26.6 Å². The maximum Gasteiger partial charge on any atom is 0.335 e. The maximum atomic E-state index is 10.7. The highest BCUT2D eigenvalue weighted by atomic mass is 16.7. The van der Waals surface area contributed by atoms with E-state index >= 15 is 0 Å². The molecule has 1 aliphatic heterocycles. The molecule has 0 aromatic heterocycles. The van der Waals surface area contributed by atoms with Crippen LogP contribution in [-0.4, -0.2) is 37.7 Å². The molecule has 1 heterocycles. The molecule has 0 radical (unpaired) electrons. The van der Waals surface area contributed by atoms with Gasteiger partial charge in [0.2, 0.25) is 0 Å². The van der Waals surface area contributed by atoms with Crippen LogP contribution in [0, 0.1) is 5.41 Å².